The predicted molar refractivity (Wildman–Crippen MR) is 54.5 cm³/mol. The van der Waals surface area contributed by atoms with E-state index in [9.17, 15) is 9.50 Å². The normalized spacial score (nSPS) is 17.5. The van der Waals surface area contributed by atoms with Crippen molar-refractivity contribution in [3.8, 4) is 11.5 Å². The van der Waals surface area contributed by atoms with Gasteiger partial charge < -0.3 is 15.6 Å². The number of halogens is 1. The molecule has 3 N–H and O–H groups in total. The zero-order valence-corrected chi connectivity index (χ0v) is 8.59. The van der Waals surface area contributed by atoms with E-state index in [1.807, 2.05) is 0 Å². The smallest absolute Gasteiger partial charge is 0.196 e. The first-order valence-corrected chi connectivity index (χ1v) is 4.88. The van der Waals surface area contributed by atoms with Crippen LogP contribution in [-0.4, -0.2) is 17.8 Å². The quantitative estimate of drug-likeness (QED) is 0.798. The number of ether oxygens (including phenoxy) is 1. The Hall–Kier alpha value is -1.29. The van der Waals surface area contributed by atoms with Crippen LogP contribution in [0.15, 0.2) is 12.1 Å². The highest BCUT2D eigenvalue weighted by Gasteiger charge is 2.38. The summed E-state index contributed by atoms with van der Waals surface area (Å²) in [4.78, 5) is 0. The minimum absolute atomic E-state index is 0.111. The number of phenols is 1. The molecule has 0 amide bonds. The third-order valence-corrected chi connectivity index (χ3v) is 2.74. The van der Waals surface area contributed by atoms with Gasteiger partial charge in [-0.1, -0.05) is 0 Å². The van der Waals surface area contributed by atoms with Crippen LogP contribution in [0.1, 0.15) is 18.4 Å². The molecule has 1 aromatic carbocycles. The van der Waals surface area contributed by atoms with Crippen LogP contribution in [-0.2, 0) is 6.42 Å². The molecule has 2 rings (SSSR count). The summed E-state index contributed by atoms with van der Waals surface area (Å²) >= 11 is 0. The Bertz CT molecular complexity index is 365. The van der Waals surface area contributed by atoms with E-state index < -0.39 is 5.82 Å². The van der Waals surface area contributed by atoms with Gasteiger partial charge in [-0.15, -0.1) is 0 Å². The molecule has 15 heavy (non-hydrogen) atoms. The van der Waals surface area contributed by atoms with Crippen LogP contribution in [0.25, 0.3) is 0 Å². The minimum Gasteiger partial charge on any atom is -0.504 e. The van der Waals surface area contributed by atoms with Gasteiger partial charge >= 0.3 is 0 Å². The van der Waals surface area contributed by atoms with Crippen molar-refractivity contribution >= 4 is 0 Å². The van der Waals surface area contributed by atoms with Gasteiger partial charge in [0.2, 0.25) is 0 Å². The van der Waals surface area contributed by atoms with Crippen molar-refractivity contribution in [2.24, 2.45) is 5.73 Å². The van der Waals surface area contributed by atoms with Crippen LogP contribution in [0.4, 0.5) is 4.39 Å². The summed E-state index contributed by atoms with van der Waals surface area (Å²) in [6.45, 7) is 0. The zero-order chi connectivity index (χ0) is 11.1. The molecule has 1 fully saturated rings. The van der Waals surface area contributed by atoms with Crippen LogP contribution in [0.5, 0.6) is 11.5 Å². The maximum Gasteiger partial charge on any atom is 0.196 e. The number of nitrogens with two attached hydrogens (primary N) is 1. The molecule has 0 aliphatic heterocycles. The summed E-state index contributed by atoms with van der Waals surface area (Å²) in [5, 5.41) is 9.48. The molecule has 0 saturated heterocycles. The van der Waals surface area contributed by atoms with Gasteiger partial charge in [-0.05, 0) is 37.0 Å². The molecule has 82 valence electrons. The summed E-state index contributed by atoms with van der Waals surface area (Å²) in [6, 6.07) is 2.88. The lowest BCUT2D eigenvalue weighted by Crippen LogP contribution is -2.24. The average molecular weight is 211 g/mol. The first kappa shape index (κ1) is 10.2. The molecule has 1 aliphatic rings. The highest BCUT2D eigenvalue weighted by molar-refractivity contribution is 5.43. The molecule has 0 atom stereocenters. The highest BCUT2D eigenvalue weighted by Crippen LogP contribution is 2.38. The lowest BCUT2D eigenvalue weighted by molar-refractivity contribution is 0.350. The minimum atomic E-state index is -0.545. The maximum atomic E-state index is 13.4. The lowest BCUT2D eigenvalue weighted by Gasteiger charge is -2.11. The van der Waals surface area contributed by atoms with Gasteiger partial charge in [0, 0.05) is 5.54 Å². The lowest BCUT2D eigenvalue weighted by atomic mass is 10.0. The van der Waals surface area contributed by atoms with Crippen LogP contribution in [0.3, 0.4) is 0 Å². The van der Waals surface area contributed by atoms with Crippen LogP contribution in [0, 0.1) is 5.82 Å². The number of hydrogen-bond acceptors (Lipinski definition) is 3. The van der Waals surface area contributed by atoms with E-state index in [-0.39, 0.29) is 17.0 Å². The van der Waals surface area contributed by atoms with Crippen molar-refractivity contribution in [3.63, 3.8) is 0 Å². The fourth-order valence-electron chi connectivity index (χ4n) is 1.68. The summed E-state index contributed by atoms with van der Waals surface area (Å²) in [7, 11) is 1.32. The van der Waals surface area contributed by atoms with E-state index >= 15 is 0 Å². The number of methoxy groups -OCH3 is 1. The number of rotatable bonds is 3. The Morgan fingerprint density at radius 3 is 2.67 bits per heavy atom. The molecule has 4 heteroatoms. The van der Waals surface area contributed by atoms with E-state index in [0.717, 1.165) is 12.8 Å². The second-order valence-corrected chi connectivity index (χ2v) is 4.17. The molecule has 0 bridgehead atoms. The van der Waals surface area contributed by atoms with Crippen LogP contribution >= 0.6 is 0 Å². The van der Waals surface area contributed by atoms with Gasteiger partial charge in [-0.2, -0.15) is 0 Å². The Labute approximate surface area is 87.7 Å². The molecule has 1 aliphatic carbocycles. The SMILES string of the molecule is COc1c(O)cc(CC2(N)CC2)cc1F. The fourth-order valence-corrected chi connectivity index (χ4v) is 1.68. The Morgan fingerprint density at radius 1 is 1.53 bits per heavy atom. The van der Waals surface area contributed by atoms with E-state index in [2.05, 4.69) is 0 Å². The van der Waals surface area contributed by atoms with E-state index in [1.54, 1.807) is 0 Å². The molecule has 0 heterocycles. The molecule has 1 aromatic rings. The standard InChI is InChI=1S/C11H14FNO2/c1-15-10-8(12)4-7(5-9(10)14)6-11(13)2-3-11/h4-5,14H,2-3,6,13H2,1H3. The van der Waals surface area contributed by atoms with E-state index in [0.29, 0.717) is 12.0 Å². The zero-order valence-electron chi connectivity index (χ0n) is 8.59. The fraction of sp³-hybridized carbons (Fsp3) is 0.455. The first-order valence-electron chi connectivity index (χ1n) is 4.88. The Kier molecular flexibility index (Phi) is 2.31. The number of hydrogen-bond donors (Lipinski definition) is 2. The van der Waals surface area contributed by atoms with Crippen LogP contribution < -0.4 is 10.5 Å². The second kappa shape index (κ2) is 3.38. The van der Waals surface area contributed by atoms with Crippen LogP contribution in [0.2, 0.25) is 0 Å². The van der Waals surface area contributed by atoms with Gasteiger partial charge in [0.25, 0.3) is 0 Å². The topological polar surface area (TPSA) is 55.5 Å². The summed E-state index contributed by atoms with van der Waals surface area (Å²) in [6.07, 6.45) is 2.52. The maximum absolute atomic E-state index is 13.4. The van der Waals surface area contributed by atoms with Crippen molar-refractivity contribution < 1.29 is 14.2 Å². The molecule has 0 spiro atoms. The Balaban J connectivity index is 2.26. The van der Waals surface area contributed by atoms with Gasteiger partial charge in [-0.25, -0.2) is 4.39 Å². The summed E-state index contributed by atoms with van der Waals surface area (Å²) < 4.78 is 18.1. The summed E-state index contributed by atoms with van der Waals surface area (Å²) in [5.41, 5.74) is 6.44. The average Bonchev–Trinajstić information content (AvgIpc) is 2.82. The van der Waals surface area contributed by atoms with E-state index in [4.69, 9.17) is 10.5 Å². The van der Waals surface area contributed by atoms with Gasteiger partial charge in [0.1, 0.15) is 0 Å². The second-order valence-electron chi connectivity index (χ2n) is 4.17. The third-order valence-electron chi connectivity index (χ3n) is 2.74. The van der Waals surface area contributed by atoms with Crippen molar-refractivity contribution in [1.82, 2.24) is 0 Å². The van der Waals surface area contributed by atoms with Crippen molar-refractivity contribution in [3.05, 3.63) is 23.5 Å². The predicted octanol–water partition coefficient (Wildman–Crippen LogP) is 1.57. The van der Waals surface area contributed by atoms with Gasteiger partial charge in [-0.3, -0.25) is 0 Å². The molecule has 1 saturated carbocycles. The third kappa shape index (κ3) is 2.04. The highest BCUT2D eigenvalue weighted by atomic mass is 19.1. The van der Waals surface area contributed by atoms with Crippen molar-refractivity contribution in [1.29, 1.82) is 0 Å². The number of phenolic OH excluding ortho intramolecular Hbond substituents is 1. The first-order chi connectivity index (χ1) is 7.04. The van der Waals surface area contributed by atoms with Crippen molar-refractivity contribution in [2.75, 3.05) is 7.11 Å². The summed E-state index contributed by atoms with van der Waals surface area (Å²) in [5.74, 6) is -0.825. The molecule has 3 nitrogen and oxygen atoms in total. The largest absolute Gasteiger partial charge is 0.504 e. The molecular weight excluding hydrogens is 197 g/mol. The molecule has 0 unspecified atom stereocenters. The van der Waals surface area contributed by atoms with E-state index in [1.165, 1.54) is 19.2 Å². The Morgan fingerprint density at radius 2 is 2.20 bits per heavy atom. The molecule has 0 aromatic heterocycles. The van der Waals surface area contributed by atoms with Gasteiger partial charge in [0.15, 0.2) is 17.3 Å². The monoisotopic (exact) mass is 211 g/mol. The van der Waals surface area contributed by atoms with Gasteiger partial charge in [0.05, 0.1) is 7.11 Å². The number of benzene rings is 1. The molecule has 0 radical (unpaired) electrons. The van der Waals surface area contributed by atoms with Crippen molar-refractivity contribution in [2.45, 2.75) is 24.8 Å². The number of aromatic hydroxyl groups is 1. The molecular formula is C11H14FNO2.